The topological polar surface area (TPSA) is 80.1 Å². The van der Waals surface area contributed by atoms with Crippen LogP contribution in [0.5, 0.6) is 0 Å². The van der Waals surface area contributed by atoms with E-state index in [2.05, 4.69) is 15.3 Å². The zero-order valence-electron chi connectivity index (χ0n) is 16.4. The van der Waals surface area contributed by atoms with Gasteiger partial charge in [0.25, 0.3) is 11.5 Å². The number of carbonyl (C=O) groups is 1. The van der Waals surface area contributed by atoms with E-state index in [0.29, 0.717) is 16.9 Å². The smallest absolute Gasteiger partial charge is 0.264 e. The zero-order chi connectivity index (χ0) is 20.3. The van der Waals surface area contributed by atoms with Gasteiger partial charge in [0.15, 0.2) is 0 Å². The number of carbonyl (C=O) groups excluding carboxylic acids is 1. The SMILES string of the molecule is Cc1cnc(Cn2ccc(C)c(C(=O)Nc3cccc(N(C)C)c3)c2=O)cn1. The quantitative estimate of drug-likeness (QED) is 0.739. The second-order valence-corrected chi connectivity index (χ2v) is 6.85. The molecule has 0 atom stereocenters. The predicted octanol–water partition coefficient (Wildman–Crippen LogP) is 2.62. The molecule has 0 spiro atoms. The lowest BCUT2D eigenvalue weighted by Crippen LogP contribution is -2.30. The summed E-state index contributed by atoms with van der Waals surface area (Å²) in [6.07, 6.45) is 4.96. The van der Waals surface area contributed by atoms with Gasteiger partial charge in [-0.2, -0.15) is 0 Å². The molecule has 7 heteroatoms. The summed E-state index contributed by atoms with van der Waals surface area (Å²) in [5.41, 5.74) is 3.44. The van der Waals surface area contributed by atoms with Gasteiger partial charge in [0.2, 0.25) is 0 Å². The molecule has 28 heavy (non-hydrogen) atoms. The van der Waals surface area contributed by atoms with Crippen LogP contribution in [0, 0.1) is 13.8 Å². The van der Waals surface area contributed by atoms with Crippen molar-refractivity contribution >= 4 is 17.3 Å². The number of benzene rings is 1. The summed E-state index contributed by atoms with van der Waals surface area (Å²) in [4.78, 5) is 36.2. The van der Waals surface area contributed by atoms with Crippen molar-refractivity contribution in [1.82, 2.24) is 14.5 Å². The lowest BCUT2D eigenvalue weighted by molar-refractivity contribution is 0.102. The molecular weight excluding hydrogens is 354 g/mol. The van der Waals surface area contributed by atoms with Gasteiger partial charge in [0, 0.05) is 37.9 Å². The Kier molecular flexibility index (Phi) is 5.54. The van der Waals surface area contributed by atoms with Crippen LogP contribution in [0.25, 0.3) is 0 Å². The summed E-state index contributed by atoms with van der Waals surface area (Å²) < 4.78 is 1.47. The Morgan fingerprint density at radius 1 is 1.14 bits per heavy atom. The minimum atomic E-state index is -0.428. The summed E-state index contributed by atoms with van der Waals surface area (Å²) in [6, 6.07) is 9.21. The van der Waals surface area contributed by atoms with E-state index in [1.165, 1.54) is 4.57 Å². The summed E-state index contributed by atoms with van der Waals surface area (Å²) in [5.74, 6) is -0.428. The van der Waals surface area contributed by atoms with Crippen LogP contribution in [0.3, 0.4) is 0 Å². The van der Waals surface area contributed by atoms with Gasteiger partial charge in [-0.15, -0.1) is 0 Å². The third-order valence-electron chi connectivity index (χ3n) is 4.39. The molecule has 144 valence electrons. The molecule has 0 unspecified atom stereocenters. The monoisotopic (exact) mass is 377 g/mol. The van der Waals surface area contributed by atoms with E-state index in [4.69, 9.17) is 0 Å². The maximum atomic E-state index is 12.9. The highest BCUT2D eigenvalue weighted by atomic mass is 16.2. The first-order valence-corrected chi connectivity index (χ1v) is 8.91. The highest BCUT2D eigenvalue weighted by molar-refractivity contribution is 6.05. The van der Waals surface area contributed by atoms with E-state index in [1.54, 1.807) is 37.6 Å². The fourth-order valence-corrected chi connectivity index (χ4v) is 2.80. The highest BCUT2D eigenvalue weighted by Crippen LogP contribution is 2.18. The maximum Gasteiger partial charge on any atom is 0.264 e. The number of anilines is 2. The number of amides is 1. The molecule has 0 radical (unpaired) electrons. The van der Waals surface area contributed by atoms with Crippen molar-refractivity contribution in [2.75, 3.05) is 24.3 Å². The van der Waals surface area contributed by atoms with Crippen LogP contribution in [-0.2, 0) is 6.54 Å². The highest BCUT2D eigenvalue weighted by Gasteiger charge is 2.16. The first-order chi connectivity index (χ1) is 13.3. The van der Waals surface area contributed by atoms with Gasteiger partial charge in [-0.25, -0.2) is 0 Å². The second-order valence-electron chi connectivity index (χ2n) is 6.85. The van der Waals surface area contributed by atoms with Crippen molar-refractivity contribution in [3.05, 3.63) is 81.8 Å². The number of aryl methyl sites for hydroxylation is 2. The number of aromatic nitrogens is 3. The predicted molar refractivity (Wildman–Crippen MR) is 110 cm³/mol. The Labute approximate surface area is 163 Å². The molecule has 0 aliphatic rings. The summed E-state index contributed by atoms with van der Waals surface area (Å²) in [6.45, 7) is 3.86. The molecule has 1 N–H and O–H groups in total. The Balaban J connectivity index is 1.88. The van der Waals surface area contributed by atoms with Crippen molar-refractivity contribution in [3.8, 4) is 0 Å². The fraction of sp³-hybridized carbons (Fsp3) is 0.238. The van der Waals surface area contributed by atoms with Gasteiger partial charge in [-0.05, 0) is 43.7 Å². The molecule has 0 bridgehead atoms. The van der Waals surface area contributed by atoms with Crippen molar-refractivity contribution < 1.29 is 4.79 Å². The lowest BCUT2D eigenvalue weighted by atomic mass is 10.1. The Bertz CT molecular complexity index is 1060. The summed E-state index contributed by atoms with van der Waals surface area (Å²) in [7, 11) is 3.85. The van der Waals surface area contributed by atoms with E-state index in [9.17, 15) is 9.59 Å². The number of rotatable bonds is 5. The molecule has 0 fully saturated rings. The molecule has 2 aromatic heterocycles. The minimum Gasteiger partial charge on any atom is -0.378 e. The second kappa shape index (κ2) is 8.04. The fourth-order valence-electron chi connectivity index (χ4n) is 2.80. The number of hydrogen-bond acceptors (Lipinski definition) is 5. The van der Waals surface area contributed by atoms with E-state index in [0.717, 1.165) is 11.4 Å². The Morgan fingerprint density at radius 3 is 2.61 bits per heavy atom. The van der Waals surface area contributed by atoms with Crippen LogP contribution in [0.4, 0.5) is 11.4 Å². The molecule has 1 amide bonds. The first-order valence-electron chi connectivity index (χ1n) is 8.91. The first kappa shape index (κ1) is 19.3. The number of nitrogens with one attached hydrogen (secondary N) is 1. The van der Waals surface area contributed by atoms with Crippen LogP contribution >= 0.6 is 0 Å². The van der Waals surface area contributed by atoms with E-state index in [1.807, 2.05) is 44.1 Å². The van der Waals surface area contributed by atoms with Gasteiger partial charge in [-0.1, -0.05) is 6.07 Å². The standard InChI is InChI=1S/C21H23N5O2/c1-14-8-9-26(13-17-12-22-15(2)11-23-17)21(28)19(14)20(27)24-16-6-5-7-18(10-16)25(3)4/h5-12H,13H2,1-4H3,(H,24,27). The molecule has 7 nitrogen and oxygen atoms in total. The van der Waals surface area contributed by atoms with Crippen LogP contribution in [-0.4, -0.2) is 34.5 Å². The van der Waals surface area contributed by atoms with E-state index in [-0.39, 0.29) is 17.7 Å². The average molecular weight is 377 g/mol. The molecule has 0 aliphatic heterocycles. The zero-order valence-corrected chi connectivity index (χ0v) is 16.4. The lowest BCUT2D eigenvalue weighted by Gasteiger charge is -2.15. The molecule has 3 rings (SSSR count). The molecule has 0 aliphatic carbocycles. The van der Waals surface area contributed by atoms with E-state index >= 15 is 0 Å². The van der Waals surface area contributed by atoms with Gasteiger partial charge >= 0.3 is 0 Å². The normalized spacial score (nSPS) is 10.6. The van der Waals surface area contributed by atoms with Gasteiger partial charge in [0.05, 0.1) is 24.1 Å². The molecular formula is C21H23N5O2. The third-order valence-corrected chi connectivity index (χ3v) is 4.39. The largest absolute Gasteiger partial charge is 0.378 e. The van der Waals surface area contributed by atoms with Crippen LogP contribution < -0.4 is 15.8 Å². The molecule has 0 saturated carbocycles. The molecule has 2 heterocycles. The van der Waals surface area contributed by atoms with E-state index < -0.39 is 5.91 Å². The van der Waals surface area contributed by atoms with Crippen LogP contribution in [0.2, 0.25) is 0 Å². The molecule has 0 saturated heterocycles. The Morgan fingerprint density at radius 2 is 1.93 bits per heavy atom. The van der Waals surface area contributed by atoms with Crippen LogP contribution in [0.15, 0.2) is 53.7 Å². The number of nitrogens with zero attached hydrogens (tertiary/aromatic N) is 4. The summed E-state index contributed by atoms with van der Waals surface area (Å²) >= 11 is 0. The molecule has 1 aromatic carbocycles. The van der Waals surface area contributed by atoms with Crippen molar-refractivity contribution in [2.45, 2.75) is 20.4 Å². The molecule has 3 aromatic rings. The number of pyridine rings is 1. The maximum absolute atomic E-state index is 12.9. The van der Waals surface area contributed by atoms with Crippen molar-refractivity contribution in [1.29, 1.82) is 0 Å². The van der Waals surface area contributed by atoms with Gasteiger partial charge in [-0.3, -0.25) is 19.6 Å². The van der Waals surface area contributed by atoms with Gasteiger partial charge < -0.3 is 14.8 Å². The third kappa shape index (κ3) is 4.25. The number of hydrogen-bond donors (Lipinski definition) is 1. The van der Waals surface area contributed by atoms with Gasteiger partial charge in [0.1, 0.15) is 5.56 Å². The average Bonchev–Trinajstić information content (AvgIpc) is 2.66. The Hall–Kier alpha value is -3.48. The van der Waals surface area contributed by atoms with Crippen molar-refractivity contribution in [3.63, 3.8) is 0 Å². The van der Waals surface area contributed by atoms with Crippen molar-refractivity contribution in [2.24, 2.45) is 0 Å². The minimum absolute atomic E-state index is 0.123. The van der Waals surface area contributed by atoms with Crippen LogP contribution in [0.1, 0.15) is 27.3 Å². The summed E-state index contributed by atoms with van der Waals surface area (Å²) in [5, 5.41) is 2.83.